The fourth-order valence-corrected chi connectivity index (χ4v) is 1.77. The number of nitrogens with two attached hydrogens (primary N) is 1. The summed E-state index contributed by atoms with van der Waals surface area (Å²) in [6.07, 6.45) is 6.54. The Kier molecular flexibility index (Phi) is 4.04. The molecular formula is C13H18N4O. The number of hydrogen-bond acceptors (Lipinski definition) is 5. The van der Waals surface area contributed by atoms with Crippen molar-refractivity contribution in [1.82, 2.24) is 15.1 Å². The lowest BCUT2D eigenvalue weighted by Gasteiger charge is -2.03. The zero-order valence-corrected chi connectivity index (χ0v) is 10.8. The van der Waals surface area contributed by atoms with E-state index in [0.717, 1.165) is 30.4 Å². The molecule has 0 fully saturated rings. The molecule has 0 aliphatic rings. The van der Waals surface area contributed by atoms with Gasteiger partial charge >= 0.3 is 0 Å². The first-order valence-corrected chi connectivity index (χ1v) is 6.22. The molecule has 2 heterocycles. The predicted molar refractivity (Wildman–Crippen MR) is 68.7 cm³/mol. The van der Waals surface area contributed by atoms with Gasteiger partial charge in [0.1, 0.15) is 0 Å². The van der Waals surface area contributed by atoms with Crippen LogP contribution < -0.4 is 5.73 Å². The maximum absolute atomic E-state index is 6.00. The SMILES string of the molecule is CCCC[C@H](N)c1nc(-c2ccncc2C)no1. The van der Waals surface area contributed by atoms with Crippen molar-refractivity contribution >= 4 is 0 Å². The van der Waals surface area contributed by atoms with Gasteiger partial charge in [-0.2, -0.15) is 4.98 Å². The number of aromatic nitrogens is 3. The lowest BCUT2D eigenvalue weighted by molar-refractivity contribution is 0.346. The van der Waals surface area contributed by atoms with Crippen molar-refractivity contribution in [1.29, 1.82) is 0 Å². The zero-order chi connectivity index (χ0) is 13.0. The summed E-state index contributed by atoms with van der Waals surface area (Å²) in [6, 6.07) is 1.70. The highest BCUT2D eigenvalue weighted by Gasteiger charge is 2.16. The first-order chi connectivity index (χ1) is 8.72. The van der Waals surface area contributed by atoms with Crippen LogP contribution in [-0.4, -0.2) is 15.1 Å². The maximum Gasteiger partial charge on any atom is 0.243 e. The van der Waals surface area contributed by atoms with Crippen molar-refractivity contribution in [2.24, 2.45) is 5.73 Å². The topological polar surface area (TPSA) is 77.8 Å². The molecule has 96 valence electrons. The highest BCUT2D eigenvalue weighted by molar-refractivity contribution is 5.57. The molecule has 0 amide bonds. The standard InChI is InChI=1S/C13H18N4O/c1-3-4-5-11(14)13-16-12(17-18-13)10-6-7-15-8-9(10)2/h6-8,11H,3-5,14H2,1-2H3/t11-/m0/s1. The molecule has 5 heteroatoms. The normalized spacial score (nSPS) is 12.6. The van der Waals surface area contributed by atoms with Crippen LogP contribution in [0.25, 0.3) is 11.4 Å². The van der Waals surface area contributed by atoms with Crippen molar-refractivity contribution in [3.8, 4) is 11.4 Å². The first kappa shape index (κ1) is 12.7. The molecule has 5 nitrogen and oxygen atoms in total. The van der Waals surface area contributed by atoms with Crippen molar-refractivity contribution in [3.05, 3.63) is 29.9 Å². The second-order valence-corrected chi connectivity index (χ2v) is 4.40. The Morgan fingerprint density at radius 3 is 3.00 bits per heavy atom. The summed E-state index contributed by atoms with van der Waals surface area (Å²) in [4.78, 5) is 8.41. The Hall–Kier alpha value is -1.75. The first-order valence-electron chi connectivity index (χ1n) is 6.22. The van der Waals surface area contributed by atoms with Crippen molar-refractivity contribution in [3.63, 3.8) is 0 Å². The predicted octanol–water partition coefficient (Wildman–Crippen LogP) is 2.63. The van der Waals surface area contributed by atoms with Crippen LogP contribution in [0.1, 0.15) is 43.7 Å². The van der Waals surface area contributed by atoms with Crippen LogP contribution in [0.3, 0.4) is 0 Å². The summed E-state index contributed by atoms with van der Waals surface area (Å²) in [5.74, 6) is 1.09. The van der Waals surface area contributed by atoms with E-state index in [4.69, 9.17) is 10.3 Å². The summed E-state index contributed by atoms with van der Waals surface area (Å²) in [5.41, 5.74) is 7.96. The minimum atomic E-state index is -0.173. The highest BCUT2D eigenvalue weighted by atomic mass is 16.5. The Morgan fingerprint density at radius 2 is 2.28 bits per heavy atom. The lowest BCUT2D eigenvalue weighted by atomic mass is 10.1. The van der Waals surface area contributed by atoms with E-state index < -0.39 is 0 Å². The van der Waals surface area contributed by atoms with Gasteiger partial charge in [-0.3, -0.25) is 4.98 Å². The Bertz CT molecular complexity index is 509. The molecular weight excluding hydrogens is 228 g/mol. The van der Waals surface area contributed by atoms with Crippen LogP contribution >= 0.6 is 0 Å². The van der Waals surface area contributed by atoms with Gasteiger partial charge in [-0.25, -0.2) is 0 Å². The van der Waals surface area contributed by atoms with Gasteiger partial charge in [0, 0.05) is 18.0 Å². The number of pyridine rings is 1. The third-order valence-corrected chi connectivity index (χ3v) is 2.89. The quantitative estimate of drug-likeness (QED) is 0.877. The van der Waals surface area contributed by atoms with Gasteiger partial charge < -0.3 is 10.3 Å². The Labute approximate surface area is 106 Å². The minimum absolute atomic E-state index is 0.173. The maximum atomic E-state index is 6.00. The summed E-state index contributed by atoms with van der Waals surface area (Å²) < 4.78 is 5.23. The van der Waals surface area contributed by atoms with Gasteiger partial charge in [0.25, 0.3) is 0 Å². The number of aryl methyl sites for hydroxylation is 1. The van der Waals surface area contributed by atoms with E-state index >= 15 is 0 Å². The number of nitrogens with zero attached hydrogens (tertiary/aromatic N) is 3. The van der Waals surface area contributed by atoms with E-state index in [1.165, 1.54) is 0 Å². The van der Waals surface area contributed by atoms with Crippen molar-refractivity contribution in [2.45, 2.75) is 39.2 Å². The largest absolute Gasteiger partial charge is 0.337 e. The van der Waals surface area contributed by atoms with E-state index in [2.05, 4.69) is 22.0 Å². The molecule has 0 bridgehead atoms. The van der Waals surface area contributed by atoms with Gasteiger partial charge in [0.2, 0.25) is 11.7 Å². The average Bonchev–Trinajstić information content (AvgIpc) is 2.86. The van der Waals surface area contributed by atoms with Crippen LogP contribution in [-0.2, 0) is 0 Å². The molecule has 0 spiro atoms. The fraction of sp³-hybridized carbons (Fsp3) is 0.462. The Morgan fingerprint density at radius 1 is 1.44 bits per heavy atom. The molecule has 18 heavy (non-hydrogen) atoms. The number of rotatable bonds is 5. The summed E-state index contributed by atoms with van der Waals surface area (Å²) >= 11 is 0. The monoisotopic (exact) mass is 246 g/mol. The van der Waals surface area contributed by atoms with Crippen LogP contribution in [0.15, 0.2) is 23.0 Å². The van der Waals surface area contributed by atoms with E-state index in [9.17, 15) is 0 Å². The van der Waals surface area contributed by atoms with Gasteiger partial charge in [-0.05, 0) is 25.0 Å². The molecule has 0 aliphatic carbocycles. The van der Waals surface area contributed by atoms with Crippen LogP contribution in [0, 0.1) is 6.92 Å². The van der Waals surface area contributed by atoms with Crippen LogP contribution in [0.2, 0.25) is 0 Å². The molecule has 0 aromatic carbocycles. The van der Waals surface area contributed by atoms with E-state index in [1.54, 1.807) is 12.4 Å². The number of unbranched alkanes of at least 4 members (excludes halogenated alkanes) is 1. The highest BCUT2D eigenvalue weighted by Crippen LogP contribution is 2.22. The fourth-order valence-electron chi connectivity index (χ4n) is 1.77. The lowest BCUT2D eigenvalue weighted by Crippen LogP contribution is -2.10. The molecule has 0 aliphatic heterocycles. The van der Waals surface area contributed by atoms with Crippen LogP contribution in [0.4, 0.5) is 0 Å². The molecule has 2 aromatic heterocycles. The molecule has 2 aromatic rings. The number of hydrogen-bond donors (Lipinski definition) is 1. The molecule has 2 N–H and O–H groups in total. The van der Waals surface area contributed by atoms with Gasteiger partial charge in [0.15, 0.2) is 0 Å². The molecule has 1 atom stereocenters. The van der Waals surface area contributed by atoms with E-state index in [-0.39, 0.29) is 6.04 Å². The van der Waals surface area contributed by atoms with E-state index in [0.29, 0.717) is 11.7 Å². The summed E-state index contributed by atoms with van der Waals surface area (Å²) in [7, 11) is 0. The van der Waals surface area contributed by atoms with Gasteiger partial charge in [-0.1, -0.05) is 24.9 Å². The van der Waals surface area contributed by atoms with Gasteiger partial charge in [-0.15, -0.1) is 0 Å². The van der Waals surface area contributed by atoms with Gasteiger partial charge in [0.05, 0.1) is 6.04 Å². The molecule has 2 rings (SSSR count). The van der Waals surface area contributed by atoms with Crippen molar-refractivity contribution < 1.29 is 4.52 Å². The summed E-state index contributed by atoms with van der Waals surface area (Å²) in [6.45, 7) is 4.10. The van der Waals surface area contributed by atoms with Crippen LogP contribution in [0.5, 0.6) is 0 Å². The second kappa shape index (κ2) is 5.73. The van der Waals surface area contributed by atoms with E-state index in [1.807, 2.05) is 13.0 Å². The molecule has 0 unspecified atom stereocenters. The molecule has 0 saturated heterocycles. The average molecular weight is 246 g/mol. The smallest absolute Gasteiger partial charge is 0.243 e. The third-order valence-electron chi connectivity index (χ3n) is 2.89. The van der Waals surface area contributed by atoms with Crippen molar-refractivity contribution in [2.75, 3.05) is 0 Å². The zero-order valence-electron chi connectivity index (χ0n) is 10.8. The summed E-state index contributed by atoms with van der Waals surface area (Å²) in [5, 5.41) is 3.98. The Balaban J connectivity index is 2.18. The molecule has 0 saturated carbocycles. The third kappa shape index (κ3) is 2.73. The molecule has 0 radical (unpaired) electrons. The second-order valence-electron chi connectivity index (χ2n) is 4.40. The minimum Gasteiger partial charge on any atom is -0.337 e.